The van der Waals surface area contributed by atoms with Crippen molar-refractivity contribution in [2.75, 3.05) is 19.6 Å². The second-order valence-corrected chi connectivity index (χ2v) is 7.45. The Morgan fingerprint density at radius 2 is 1.97 bits per heavy atom. The van der Waals surface area contributed by atoms with Gasteiger partial charge in [-0.2, -0.15) is 0 Å². The van der Waals surface area contributed by atoms with Crippen LogP contribution in [0.25, 0.3) is 0 Å². The van der Waals surface area contributed by atoms with E-state index in [1.54, 1.807) is 6.20 Å². The number of hydrogen-bond donors (Lipinski definition) is 2. The number of benzene rings is 1. The van der Waals surface area contributed by atoms with Gasteiger partial charge in [0.1, 0.15) is 0 Å². The number of rotatable bonds is 3. The zero-order chi connectivity index (χ0) is 20.2. The number of nitrogens with zero attached hydrogens (tertiary/aromatic N) is 2. The number of allylic oxidation sites excluding steroid dienone is 2. The Balaban J connectivity index is 1.35. The van der Waals surface area contributed by atoms with Crippen LogP contribution in [-0.4, -0.2) is 35.5 Å². The van der Waals surface area contributed by atoms with E-state index in [4.69, 9.17) is 4.74 Å². The van der Waals surface area contributed by atoms with Crippen LogP contribution in [0.1, 0.15) is 22.4 Å². The lowest BCUT2D eigenvalue weighted by atomic mass is 10.0. The number of carbonyl (C=O) groups excluding carboxylic acids is 1. The Morgan fingerprint density at radius 3 is 2.72 bits per heavy atom. The molecule has 2 N–H and O–H groups in total. The molecular weight excluding hydrogens is 364 g/mol. The minimum Gasteiger partial charge on any atom is -0.440 e. The highest BCUT2D eigenvalue weighted by Crippen LogP contribution is 2.19. The summed E-state index contributed by atoms with van der Waals surface area (Å²) in [6.07, 6.45) is 7.23. The van der Waals surface area contributed by atoms with Crippen molar-refractivity contribution in [1.82, 2.24) is 20.5 Å². The van der Waals surface area contributed by atoms with Crippen LogP contribution in [0.5, 0.6) is 5.75 Å². The maximum absolute atomic E-state index is 12.7. The summed E-state index contributed by atoms with van der Waals surface area (Å²) < 4.78 is 5.84. The van der Waals surface area contributed by atoms with Crippen molar-refractivity contribution in [1.29, 1.82) is 0 Å². The smallest absolute Gasteiger partial charge is 0.321 e. The number of dihydropyridines is 1. The Hall–Kier alpha value is -3.28. The number of aromatic nitrogens is 1. The van der Waals surface area contributed by atoms with Crippen LogP contribution in [0, 0.1) is 13.8 Å². The van der Waals surface area contributed by atoms with Crippen molar-refractivity contribution < 1.29 is 9.53 Å². The fourth-order valence-electron chi connectivity index (χ4n) is 3.60. The summed E-state index contributed by atoms with van der Waals surface area (Å²) in [5.74, 6) is 1.35. The molecule has 0 saturated carbocycles. The molecule has 150 valence electrons. The number of urea groups is 1. The van der Waals surface area contributed by atoms with Gasteiger partial charge in [0.2, 0.25) is 0 Å². The van der Waals surface area contributed by atoms with Gasteiger partial charge in [-0.05, 0) is 56.0 Å². The lowest BCUT2D eigenvalue weighted by Crippen LogP contribution is -2.43. The number of hydrogen-bond acceptors (Lipinski definition) is 4. The topological polar surface area (TPSA) is 66.5 Å². The molecule has 1 aromatic heterocycles. The van der Waals surface area contributed by atoms with Crippen LogP contribution in [0.4, 0.5) is 4.79 Å². The van der Waals surface area contributed by atoms with Crippen LogP contribution < -0.4 is 15.4 Å². The molecule has 0 fully saturated rings. The summed E-state index contributed by atoms with van der Waals surface area (Å²) in [4.78, 5) is 18.9. The number of aryl methyl sites for hydroxylation is 2. The second-order valence-electron chi connectivity index (χ2n) is 7.45. The summed E-state index contributed by atoms with van der Waals surface area (Å²) in [7, 11) is 0. The fourth-order valence-corrected chi connectivity index (χ4v) is 3.60. The van der Waals surface area contributed by atoms with E-state index >= 15 is 0 Å². The number of ether oxygens (including phenoxy) is 1. The molecule has 0 radical (unpaired) electrons. The summed E-state index contributed by atoms with van der Waals surface area (Å²) >= 11 is 0. The zero-order valence-corrected chi connectivity index (χ0v) is 16.9. The zero-order valence-electron chi connectivity index (χ0n) is 16.9. The first-order chi connectivity index (χ1) is 14.1. The molecule has 6 nitrogen and oxygen atoms in total. The van der Waals surface area contributed by atoms with Crippen LogP contribution >= 0.6 is 0 Å². The predicted octanol–water partition coefficient (Wildman–Crippen LogP) is 3.22. The maximum atomic E-state index is 12.7. The average Bonchev–Trinajstić information content (AvgIpc) is 2.93. The molecule has 2 aliphatic heterocycles. The van der Waals surface area contributed by atoms with E-state index in [0.29, 0.717) is 18.2 Å². The van der Waals surface area contributed by atoms with Gasteiger partial charge in [-0.15, -0.1) is 0 Å². The quantitative estimate of drug-likeness (QED) is 0.845. The number of amides is 2. The largest absolute Gasteiger partial charge is 0.440 e. The normalized spacial score (nSPS) is 16.0. The third kappa shape index (κ3) is 4.59. The predicted molar refractivity (Wildman–Crippen MR) is 112 cm³/mol. The molecule has 0 atom stereocenters. The molecule has 6 heteroatoms. The molecule has 2 amide bonds. The molecule has 1 aromatic carbocycles. The van der Waals surface area contributed by atoms with Crippen LogP contribution in [0.2, 0.25) is 0 Å². The fraction of sp³-hybridized carbons (Fsp3) is 0.304. The molecule has 4 rings (SSSR count). The molecule has 0 aliphatic carbocycles. The third-order valence-corrected chi connectivity index (χ3v) is 5.29. The average molecular weight is 390 g/mol. The van der Waals surface area contributed by atoms with E-state index in [0.717, 1.165) is 37.3 Å². The Morgan fingerprint density at radius 1 is 1.14 bits per heavy atom. The summed E-state index contributed by atoms with van der Waals surface area (Å²) in [5.41, 5.74) is 5.62. The monoisotopic (exact) mass is 390 g/mol. The third-order valence-electron chi connectivity index (χ3n) is 5.29. The van der Waals surface area contributed by atoms with Crippen molar-refractivity contribution in [3.05, 3.63) is 82.6 Å². The van der Waals surface area contributed by atoms with E-state index in [2.05, 4.69) is 40.7 Å². The van der Waals surface area contributed by atoms with Gasteiger partial charge in [0.05, 0.1) is 12.2 Å². The van der Waals surface area contributed by atoms with Gasteiger partial charge in [-0.25, -0.2) is 4.79 Å². The lowest BCUT2D eigenvalue weighted by molar-refractivity contribution is 0.202. The summed E-state index contributed by atoms with van der Waals surface area (Å²) in [5, 5.41) is 6.22. The summed E-state index contributed by atoms with van der Waals surface area (Å²) in [6, 6.07) is 10.2. The number of carbonyl (C=O) groups is 1. The molecule has 0 spiro atoms. The van der Waals surface area contributed by atoms with Gasteiger partial charge in [-0.3, -0.25) is 4.98 Å². The molecule has 29 heavy (non-hydrogen) atoms. The Bertz CT molecular complexity index is 981. The molecular formula is C23H26N4O2. The van der Waals surface area contributed by atoms with Crippen LogP contribution in [0.3, 0.4) is 0 Å². The molecule has 2 aliphatic rings. The van der Waals surface area contributed by atoms with Crippen LogP contribution in [-0.2, 0) is 12.8 Å². The molecule has 0 saturated heterocycles. The van der Waals surface area contributed by atoms with Gasteiger partial charge in [0.15, 0.2) is 11.6 Å². The minimum atomic E-state index is -0.0524. The SMILES string of the molecule is Cc1ccc2c(c1)CCN(C(=O)NC1=CC=C(Oc3cccnc3C)NC1)CC2. The first-order valence-corrected chi connectivity index (χ1v) is 9.97. The van der Waals surface area contributed by atoms with Crippen LogP contribution in [0.15, 0.2) is 60.3 Å². The van der Waals surface area contributed by atoms with E-state index in [1.165, 1.54) is 16.7 Å². The molecule has 3 heterocycles. The highest BCUT2D eigenvalue weighted by atomic mass is 16.5. The van der Waals surface area contributed by atoms with Gasteiger partial charge < -0.3 is 20.3 Å². The van der Waals surface area contributed by atoms with Gasteiger partial charge in [0.25, 0.3) is 0 Å². The van der Waals surface area contributed by atoms with E-state index < -0.39 is 0 Å². The van der Waals surface area contributed by atoms with Crippen molar-refractivity contribution in [2.45, 2.75) is 26.7 Å². The highest BCUT2D eigenvalue weighted by Gasteiger charge is 2.20. The number of fused-ring (bicyclic) bond motifs is 1. The minimum absolute atomic E-state index is 0.0524. The Labute approximate surface area is 171 Å². The highest BCUT2D eigenvalue weighted by molar-refractivity contribution is 5.76. The number of pyridine rings is 1. The molecule has 2 aromatic rings. The van der Waals surface area contributed by atoms with Crippen molar-refractivity contribution >= 4 is 6.03 Å². The van der Waals surface area contributed by atoms with E-state index in [9.17, 15) is 4.79 Å². The van der Waals surface area contributed by atoms with Gasteiger partial charge in [-0.1, -0.05) is 23.8 Å². The number of nitrogens with one attached hydrogen (secondary N) is 2. The molecule has 0 unspecified atom stereocenters. The molecule has 0 bridgehead atoms. The lowest BCUT2D eigenvalue weighted by Gasteiger charge is -2.23. The van der Waals surface area contributed by atoms with E-state index in [-0.39, 0.29) is 6.03 Å². The first kappa shape index (κ1) is 19.1. The first-order valence-electron chi connectivity index (χ1n) is 9.97. The standard InChI is InChI=1S/C23H26N4O2/c1-16-5-6-18-9-12-27(13-10-19(18)14-16)23(28)26-20-7-8-22(25-15-20)29-21-4-3-11-24-17(21)2/h3-8,11,14,25H,9-10,12-13,15H2,1-2H3,(H,26,28). The van der Waals surface area contributed by atoms with Crippen molar-refractivity contribution in [3.8, 4) is 5.75 Å². The maximum Gasteiger partial charge on any atom is 0.321 e. The Kier molecular flexibility index (Phi) is 5.51. The van der Waals surface area contributed by atoms with Crippen molar-refractivity contribution in [2.24, 2.45) is 0 Å². The van der Waals surface area contributed by atoms with Gasteiger partial charge >= 0.3 is 6.03 Å². The van der Waals surface area contributed by atoms with E-state index in [1.807, 2.05) is 36.1 Å². The van der Waals surface area contributed by atoms with Crippen molar-refractivity contribution in [3.63, 3.8) is 0 Å². The second kappa shape index (κ2) is 8.39. The van der Waals surface area contributed by atoms with Gasteiger partial charge in [0, 0.05) is 31.1 Å². The summed E-state index contributed by atoms with van der Waals surface area (Å²) in [6.45, 7) is 5.98.